The Balaban J connectivity index is 2.31. The van der Waals surface area contributed by atoms with Crippen molar-refractivity contribution in [2.45, 2.75) is 13.5 Å². The van der Waals surface area contributed by atoms with E-state index in [0.29, 0.717) is 6.61 Å². The van der Waals surface area contributed by atoms with Crippen molar-refractivity contribution in [2.24, 2.45) is 0 Å². The molecule has 0 unspecified atom stereocenters. The van der Waals surface area contributed by atoms with Gasteiger partial charge in [-0.25, -0.2) is 0 Å². The Labute approximate surface area is 72.5 Å². The molecule has 0 radical (unpaired) electrons. The Kier molecular flexibility index (Phi) is 3.60. The highest BCUT2D eigenvalue weighted by Crippen LogP contribution is 2.06. The lowest BCUT2D eigenvalue weighted by atomic mass is 10.6. The molecule has 0 aliphatic rings. The van der Waals surface area contributed by atoms with Crippen molar-refractivity contribution in [2.75, 3.05) is 20.2 Å². The third kappa shape index (κ3) is 2.54. The van der Waals surface area contributed by atoms with E-state index in [2.05, 4.69) is 10.4 Å². The summed E-state index contributed by atoms with van der Waals surface area (Å²) in [5.41, 5.74) is 0. The summed E-state index contributed by atoms with van der Waals surface area (Å²) in [6, 6.07) is 0. The number of hydrogen-bond donors (Lipinski definition) is 1. The first-order chi connectivity index (χ1) is 5.86. The van der Waals surface area contributed by atoms with Crippen molar-refractivity contribution >= 4 is 0 Å². The van der Waals surface area contributed by atoms with Crippen LogP contribution in [0.5, 0.6) is 5.75 Å². The number of aromatic nitrogens is 2. The van der Waals surface area contributed by atoms with Gasteiger partial charge in [-0.05, 0) is 14.0 Å². The molecule has 1 heterocycles. The highest BCUT2D eigenvalue weighted by atomic mass is 16.5. The molecule has 0 bridgehead atoms. The van der Waals surface area contributed by atoms with Gasteiger partial charge in [0.1, 0.15) is 6.61 Å². The van der Waals surface area contributed by atoms with E-state index in [0.717, 1.165) is 18.8 Å². The molecule has 0 aliphatic carbocycles. The largest absolute Gasteiger partial charge is 0.489 e. The van der Waals surface area contributed by atoms with E-state index in [1.54, 1.807) is 6.20 Å². The second kappa shape index (κ2) is 4.77. The summed E-state index contributed by atoms with van der Waals surface area (Å²) in [6.45, 7) is 4.48. The van der Waals surface area contributed by atoms with Gasteiger partial charge in [0.25, 0.3) is 0 Å². The van der Waals surface area contributed by atoms with Gasteiger partial charge >= 0.3 is 0 Å². The van der Waals surface area contributed by atoms with Crippen LogP contribution in [0.25, 0.3) is 0 Å². The summed E-state index contributed by atoms with van der Waals surface area (Å²) < 4.78 is 7.23. The Bertz CT molecular complexity index is 222. The van der Waals surface area contributed by atoms with Gasteiger partial charge in [-0.3, -0.25) is 4.68 Å². The van der Waals surface area contributed by atoms with E-state index in [-0.39, 0.29) is 0 Å². The maximum absolute atomic E-state index is 5.38. The minimum atomic E-state index is 0.686. The number of rotatable bonds is 5. The topological polar surface area (TPSA) is 39.1 Å². The van der Waals surface area contributed by atoms with Crippen LogP contribution in [0.3, 0.4) is 0 Å². The number of nitrogens with one attached hydrogen (secondary N) is 1. The Morgan fingerprint density at radius 2 is 2.50 bits per heavy atom. The average Bonchev–Trinajstić information content (AvgIpc) is 2.53. The second-order valence-electron chi connectivity index (χ2n) is 2.48. The number of aryl methyl sites for hydroxylation is 1. The Morgan fingerprint density at radius 1 is 1.67 bits per heavy atom. The van der Waals surface area contributed by atoms with E-state index >= 15 is 0 Å². The first kappa shape index (κ1) is 9.06. The second-order valence-corrected chi connectivity index (χ2v) is 2.48. The van der Waals surface area contributed by atoms with Crippen LogP contribution in [0.1, 0.15) is 6.92 Å². The molecule has 0 atom stereocenters. The summed E-state index contributed by atoms with van der Waals surface area (Å²) >= 11 is 0. The standard InChI is InChI=1S/C8H15N3O/c1-3-11-7-8(6-10-11)12-5-4-9-2/h6-7,9H,3-5H2,1-2H3. The van der Waals surface area contributed by atoms with Gasteiger partial charge in [-0.2, -0.15) is 5.10 Å². The molecule has 0 aliphatic heterocycles. The van der Waals surface area contributed by atoms with Crippen molar-refractivity contribution in [1.82, 2.24) is 15.1 Å². The lowest BCUT2D eigenvalue weighted by Gasteiger charge is -2.00. The highest BCUT2D eigenvalue weighted by Gasteiger charge is 1.95. The normalized spacial score (nSPS) is 10.2. The van der Waals surface area contributed by atoms with Crippen LogP contribution in [0, 0.1) is 0 Å². The molecule has 1 rings (SSSR count). The molecule has 68 valence electrons. The minimum absolute atomic E-state index is 0.686. The van der Waals surface area contributed by atoms with Crippen molar-refractivity contribution < 1.29 is 4.74 Å². The fourth-order valence-electron chi connectivity index (χ4n) is 0.863. The van der Waals surface area contributed by atoms with E-state index in [4.69, 9.17) is 4.74 Å². The van der Waals surface area contributed by atoms with Crippen LogP contribution in [0.2, 0.25) is 0 Å². The van der Waals surface area contributed by atoms with Crippen molar-refractivity contribution in [1.29, 1.82) is 0 Å². The van der Waals surface area contributed by atoms with Crippen molar-refractivity contribution in [3.05, 3.63) is 12.4 Å². The zero-order chi connectivity index (χ0) is 8.81. The summed E-state index contributed by atoms with van der Waals surface area (Å²) in [6.07, 6.45) is 3.63. The predicted molar refractivity (Wildman–Crippen MR) is 47.3 cm³/mol. The smallest absolute Gasteiger partial charge is 0.157 e. The zero-order valence-electron chi connectivity index (χ0n) is 7.58. The van der Waals surface area contributed by atoms with Crippen LogP contribution in [0.15, 0.2) is 12.4 Å². The third-order valence-corrected chi connectivity index (χ3v) is 1.55. The fourth-order valence-corrected chi connectivity index (χ4v) is 0.863. The predicted octanol–water partition coefficient (Wildman–Crippen LogP) is 0.501. The van der Waals surface area contributed by atoms with E-state index in [9.17, 15) is 0 Å². The molecule has 0 saturated heterocycles. The quantitative estimate of drug-likeness (QED) is 0.652. The van der Waals surface area contributed by atoms with E-state index in [1.165, 1.54) is 0 Å². The molecule has 4 heteroatoms. The minimum Gasteiger partial charge on any atom is -0.489 e. The van der Waals surface area contributed by atoms with Crippen molar-refractivity contribution in [3.8, 4) is 5.75 Å². The lowest BCUT2D eigenvalue weighted by Crippen LogP contribution is -2.15. The van der Waals surface area contributed by atoms with Crippen LogP contribution in [0.4, 0.5) is 0 Å². The molecule has 4 nitrogen and oxygen atoms in total. The molecule has 0 saturated carbocycles. The number of likely N-dealkylation sites (N-methyl/N-ethyl adjacent to an activating group) is 1. The molecular formula is C8H15N3O. The number of hydrogen-bond acceptors (Lipinski definition) is 3. The van der Waals surface area contributed by atoms with Gasteiger partial charge in [0.2, 0.25) is 0 Å². The molecule has 0 amide bonds. The first-order valence-corrected chi connectivity index (χ1v) is 4.16. The number of nitrogens with zero attached hydrogens (tertiary/aromatic N) is 2. The van der Waals surface area contributed by atoms with Gasteiger partial charge in [0.15, 0.2) is 5.75 Å². The van der Waals surface area contributed by atoms with Gasteiger partial charge in [-0.15, -0.1) is 0 Å². The monoisotopic (exact) mass is 169 g/mol. The van der Waals surface area contributed by atoms with Crippen LogP contribution in [-0.2, 0) is 6.54 Å². The summed E-state index contributed by atoms with van der Waals surface area (Å²) in [5.74, 6) is 0.840. The van der Waals surface area contributed by atoms with Crippen molar-refractivity contribution in [3.63, 3.8) is 0 Å². The maximum Gasteiger partial charge on any atom is 0.157 e. The van der Waals surface area contributed by atoms with Crippen LogP contribution in [-0.4, -0.2) is 30.0 Å². The summed E-state index contributed by atoms with van der Waals surface area (Å²) in [4.78, 5) is 0. The van der Waals surface area contributed by atoms with E-state index in [1.807, 2.05) is 24.9 Å². The molecule has 0 fully saturated rings. The third-order valence-electron chi connectivity index (χ3n) is 1.55. The first-order valence-electron chi connectivity index (χ1n) is 4.16. The molecule has 0 aromatic carbocycles. The molecule has 1 N–H and O–H groups in total. The lowest BCUT2D eigenvalue weighted by molar-refractivity contribution is 0.318. The summed E-state index contributed by atoms with van der Waals surface area (Å²) in [5, 5.41) is 7.09. The molecule has 1 aromatic heterocycles. The van der Waals surface area contributed by atoms with E-state index < -0.39 is 0 Å². The molecule has 12 heavy (non-hydrogen) atoms. The molecule has 1 aromatic rings. The van der Waals surface area contributed by atoms with Gasteiger partial charge in [0, 0.05) is 13.1 Å². The van der Waals surface area contributed by atoms with Gasteiger partial charge < -0.3 is 10.1 Å². The highest BCUT2D eigenvalue weighted by molar-refractivity contribution is 5.11. The van der Waals surface area contributed by atoms with Gasteiger partial charge in [0.05, 0.1) is 12.4 Å². The Hall–Kier alpha value is -1.03. The summed E-state index contributed by atoms with van der Waals surface area (Å²) in [7, 11) is 1.90. The SMILES string of the molecule is CCn1cc(OCCNC)cn1. The van der Waals surface area contributed by atoms with Crippen LogP contribution < -0.4 is 10.1 Å². The van der Waals surface area contributed by atoms with Gasteiger partial charge in [-0.1, -0.05) is 0 Å². The zero-order valence-corrected chi connectivity index (χ0v) is 7.58. The maximum atomic E-state index is 5.38. The number of ether oxygens (including phenoxy) is 1. The average molecular weight is 169 g/mol. The Morgan fingerprint density at radius 3 is 3.08 bits per heavy atom. The molecule has 0 spiro atoms. The van der Waals surface area contributed by atoms with Crippen LogP contribution >= 0.6 is 0 Å². The molecular weight excluding hydrogens is 154 g/mol. The fraction of sp³-hybridized carbons (Fsp3) is 0.625.